The van der Waals surface area contributed by atoms with Gasteiger partial charge >= 0.3 is 5.97 Å². The van der Waals surface area contributed by atoms with Gasteiger partial charge in [-0.25, -0.2) is 4.79 Å². The maximum absolute atomic E-state index is 11.3. The Bertz CT molecular complexity index is 594. The minimum atomic E-state index is -0.850. The molecular formula is C13H15NO2. The maximum atomic E-state index is 11.3. The molecule has 0 saturated heterocycles. The molecule has 0 aliphatic heterocycles. The van der Waals surface area contributed by atoms with Crippen LogP contribution >= 0.6 is 0 Å². The van der Waals surface area contributed by atoms with E-state index in [0.717, 1.165) is 27.7 Å². The lowest BCUT2D eigenvalue weighted by Gasteiger charge is -2.03. The summed E-state index contributed by atoms with van der Waals surface area (Å²) in [6.45, 7) is 5.81. The summed E-state index contributed by atoms with van der Waals surface area (Å²) in [7, 11) is 1.91. The first-order chi connectivity index (χ1) is 7.45. The number of aromatic carboxylic acids is 1. The van der Waals surface area contributed by atoms with E-state index in [0.29, 0.717) is 5.56 Å². The number of aryl methyl sites for hydroxylation is 3. The molecule has 1 heterocycles. The quantitative estimate of drug-likeness (QED) is 0.798. The molecule has 16 heavy (non-hydrogen) atoms. The molecule has 0 fully saturated rings. The first-order valence-electron chi connectivity index (χ1n) is 5.23. The van der Waals surface area contributed by atoms with Crippen LogP contribution in [0.5, 0.6) is 0 Å². The summed E-state index contributed by atoms with van der Waals surface area (Å²) in [5.41, 5.74) is 4.38. The minimum Gasteiger partial charge on any atom is -0.478 e. The number of nitrogens with zero attached hydrogens (tertiary/aromatic N) is 1. The van der Waals surface area contributed by atoms with Gasteiger partial charge in [0.2, 0.25) is 0 Å². The lowest BCUT2D eigenvalue weighted by atomic mass is 10.0. The second kappa shape index (κ2) is 3.37. The van der Waals surface area contributed by atoms with Crippen molar-refractivity contribution >= 4 is 16.9 Å². The van der Waals surface area contributed by atoms with E-state index in [9.17, 15) is 9.90 Å². The van der Waals surface area contributed by atoms with Crippen molar-refractivity contribution in [3.8, 4) is 0 Å². The van der Waals surface area contributed by atoms with Gasteiger partial charge in [0.1, 0.15) is 0 Å². The highest BCUT2D eigenvalue weighted by molar-refractivity contribution is 6.07. The zero-order valence-corrected chi connectivity index (χ0v) is 9.96. The van der Waals surface area contributed by atoms with Crippen LogP contribution in [-0.2, 0) is 7.05 Å². The molecule has 0 bridgehead atoms. The van der Waals surface area contributed by atoms with Gasteiger partial charge in [-0.15, -0.1) is 0 Å². The zero-order chi connectivity index (χ0) is 12.0. The fourth-order valence-electron chi connectivity index (χ4n) is 2.32. The van der Waals surface area contributed by atoms with Gasteiger partial charge in [0.05, 0.1) is 11.1 Å². The molecule has 0 amide bonds. The van der Waals surface area contributed by atoms with E-state index in [-0.39, 0.29) is 0 Å². The molecule has 84 valence electrons. The molecule has 0 aliphatic rings. The van der Waals surface area contributed by atoms with Crippen molar-refractivity contribution < 1.29 is 9.90 Å². The fourth-order valence-corrected chi connectivity index (χ4v) is 2.32. The Morgan fingerprint density at radius 2 is 1.75 bits per heavy atom. The Morgan fingerprint density at radius 3 is 2.31 bits per heavy atom. The number of carboxylic acid groups (broad SMARTS) is 1. The highest BCUT2D eigenvalue weighted by Gasteiger charge is 2.20. The third-order valence-electron chi connectivity index (χ3n) is 3.25. The topological polar surface area (TPSA) is 42.2 Å². The SMILES string of the molecule is Cc1ccc(C)c2c1c(C(=O)O)c(C)n2C. The van der Waals surface area contributed by atoms with E-state index in [1.807, 2.05) is 44.5 Å². The molecule has 1 N–H and O–H groups in total. The summed E-state index contributed by atoms with van der Waals surface area (Å²) in [5, 5.41) is 10.1. The van der Waals surface area contributed by atoms with Crippen molar-refractivity contribution in [2.45, 2.75) is 20.8 Å². The van der Waals surface area contributed by atoms with Gasteiger partial charge in [-0.3, -0.25) is 0 Å². The van der Waals surface area contributed by atoms with E-state index < -0.39 is 5.97 Å². The van der Waals surface area contributed by atoms with Crippen molar-refractivity contribution in [2.24, 2.45) is 7.05 Å². The maximum Gasteiger partial charge on any atom is 0.338 e. The number of aromatic nitrogens is 1. The van der Waals surface area contributed by atoms with Gasteiger partial charge in [-0.2, -0.15) is 0 Å². The summed E-state index contributed by atoms with van der Waals surface area (Å²) in [6.07, 6.45) is 0. The Labute approximate surface area is 94.3 Å². The first-order valence-corrected chi connectivity index (χ1v) is 5.23. The van der Waals surface area contributed by atoms with Crippen LogP contribution in [0.3, 0.4) is 0 Å². The van der Waals surface area contributed by atoms with Gasteiger partial charge in [0.15, 0.2) is 0 Å². The van der Waals surface area contributed by atoms with E-state index in [2.05, 4.69) is 0 Å². The largest absolute Gasteiger partial charge is 0.478 e. The lowest BCUT2D eigenvalue weighted by molar-refractivity contribution is 0.0698. The van der Waals surface area contributed by atoms with Gasteiger partial charge in [-0.1, -0.05) is 12.1 Å². The highest BCUT2D eigenvalue weighted by Crippen LogP contribution is 2.30. The van der Waals surface area contributed by atoms with Crippen molar-refractivity contribution in [1.29, 1.82) is 0 Å². The Balaban J connectivity index is 3.08. The van der Waals surface area contributed by atoms with Crippen molar-refractivity contribution in [3.05, 3.63) is 34.5 Å². The number of benzene rings is 1. The Morgan fingerprint density at radius 1 is 1.19 bits per heavy atom. The predicted octanol–water partition coefficient (Wildman–Crippen LogP) is 2.80. The molecule has 0 atom stereocenters. The Kier molecular flexibility index (Phi) is 2.26. The van der Waals surface area contributed by atoms with Crippen LogP contribution in [0.1, 0.15) is 27.2 Å². The van der Waals surface area contributed by atoms with E-state index in [1.165, 1.54) is 0 Å². The molecule has 0 radical (unpaired) electrons. The van der Waals surface area contributed by atoms with E-state index in [4.69, 9.17) is 0 Å². The number of carbonyl (C=O) groups is 1. The number of fused-ring (bicyclic) bond motifs is 1. The van der Waals surface area contributed by atoms with Crippen LogP contribution in [0.25, 0.3) is 10.9 Å². The second-order valence-corrected chi connectivity index (χ2v) is 4.25. The molecule has 0 aliphatic carbocycles. The molecule has 3 heteroatoms. The molecule has 1 aromatic heterocycles. The minimum absolute atomic E-state index is 0.429. The molecule has 3 nitrogen and oxygen atoms in total. The summed E-state index contributed by atoms with van der Waals surface area (Å²) in [5.74, 6) is -0.850. The Hall–Kier alpha value is -1.77. The van der Waals surface area contributed by atoms with Crippen LogP contribution in [0.4, 0.5) is 0 Å². The average Bonchev–Trinajstić information content (AvgIpc) is 2.47. The average molecular weight is 217 g/mol. The van der Waals surface area contributed by atoms with Crippen molar-refractivity contribution in [2.75, 3.05) is 0 Å². The van der Waals surface area contributed by atoms with Crippen LogP contribution in [0.15, 0.2) is 12.1 Å². The second-order valence-electron chi connectivity index (χ2n) is 4.25. The van der Waals surface area contributed by atoms with Gasteiger partial charge in [0, 0.05) is 18.1 Å². The lowest BCUT2D eigenvalue weighted by Crippen LogP contribution is -1.99. The molecule has 0 unspecified atom stereocenters. The van der Waals surface area contributed by atoms with E-state index >= 15 is 0 Å². The monoisotopic (exact) mass is 217 g/mol. The molecular weight excluding hydrogens is 202 g/mol. The third-order valence-corrected chi connectivity index (χ3v) is 3.25. The molecule has 2 rings (SSSR count). The highest BCUT2D eigenvalue weighted by atomic mass is 16.4. The van der Waals surface area contributed by atoms with Crippen LogP contribution in [0, 0.1) is 20.8 Å². The molecule has 2 aromatic rings. The molecule has 0 saturated carbocycles. The standard InChI is InChI=1S/C13H15NO2/c1-7-5-6-8(2)12-10(7)11(13(15)16)9(3)14(12)4/h5-6H,1-4H3,(H,15,16). The zero-order valence-electron chi connectivity index (χ0n) is 9.96. The van der Waals surface area contributed by atoms with Gasteiger partial charge < -0.3 is 9.67 Å². The number of hydrogen-bond donors (Lipinski definition) is 1. The molecule has 0 spiro atoms. The summed E-state index contributed by atoms with van der Waals surface area (Å²) in [6, 6.07) is 4.01. The van der Waals surface area contributed by atoms with Gasteiger partial charge in [-0.05, 0) is 31.9 Å². The van der Waals surface area contributed by atoms with E-state index in [1.54, 1.807) is 0 Å². The molecule has 1 aromatic carbocycles. The number of carboxylic acids is 1. The van der Waals surface area contributed by atoms with Crippen LogP contribution in [0.2, 0.25) is 0 Å². The van der Waals surface area contributed by atoms with Crippen LogP contribution in [-0.4, -0.2) is 15.6 Å². The third kappa shape index (κ3) is 1.24. The number of hydrogen-bond acceptors (Lipinski definition) is 1. The number of rotatable bonds is 1. The van der Waals surface area contributed by atoms with Crippen LogP contribution < -0.4 is 0 Å². The van der Waals surface area contributed by atoms with Crippen molar-refractivity contribution in [1.82, 2.24) is 4.57 Å². The fraction of sp³-hybridized carbons (Fsp3) is 0.308. The first kappa shape index (κ1) is 10.7. The summed E-state index contributed by atoms with van der Waals surface area (Å²) < 4.78 is 1.96. The predicted molar refractivity (Wildman–Crippen MR) is 64.1 cm³/mol. The summed E-state index contributed by atoms with van der Waals surface area (Å²) >= 11 is 0. The van der Waals surface area contributed by atoms with Gasteiger partial charge in [0.25, 0.3) is 0 Å². The normalized spacial score (nSPS) is 11.0. The summed E-state index contributed by atoms with van der Waals surface area (Å²) in [4.78, 5) is 11.3. The van der Waals surface area contributed by atoms with Crippen molar-refractivity contribution in [3.63, 3.8) is 0 Å². The smallest absolute Gasteiger partial charge is 0.338 e.